The van der Waals surface area contributed by atoms with Crippen LogP contribution in [0.3, 0.4) is 0 Å². The molecule has 0 N–H and O–H groups in total. The fraction of sp³-hybridized carbons (Fsp3) is 0.556. The third-order valence-corrected chi connectivity index (χ3v) is 4.31. The highest BCUT2D eigenvalue weighted by molar-refractivity contribution is 5.85. The van der Waals surface area contributed by atoms with E-state index in [4.69, 9.17) is 18.9 Å². The molecular formula is C18H24N2O4. The molecule has 0 radical (unpaired) electrons. The summed E-state index contributed by atoms with van der Waals surface area (Å²) in [4.78, 5) is 8.93. The normalized spacial score (nSPS) is 14.6. The molecule has 130 valence electrons. The Morgan fingerprint density at radius 3 is 2.17 bits per heavy atom. The maximum absolute atomic E-state index is 5.86. The Balaban J connectivity index is 1.92. The molecule has 0 amide bonds. The number of benzene rings is 1. The Morgan fingerprint density at radius 1 is 0.917 bits per heavy atom. The molecule has 0 unspecified atom stereocenters. The van der Waals surface area contributed by atoms with Crippen LogP contribution in [0.2, 0.25) is 0 Å². The van der Waals surface area contributed by atoms with Gasteiger partial charge in [0.1, 0.15) is 19.5 Å². The molecule has 2 aromatic rings. The van der Waals surface area contributed by atoms with Gasteiger partial charge in [-0.1, -0.05) is 6.42 Å². The van der Waals surface area contributed by atoms with Crippen LogP contribution in [0.1, 0.15) is 30.9 Å². The van der Waals surface area contributed by atoms with E-state index >= 15 is 0 Å². The third kappa shape index (κ3) is 3.76. The van der Waals surface area contributed by atoms with Crippen LogP contribution in [0.5, 0.6) is 11.5 Å². The van der Waals surface area contributed by atoms with E-state index in [1.165, 1.54) is 19.3 Å². The summed E-state index contributed by atoms with van der Waals surface area (Å²) in [6, 6.07) is 3.93. The smallest absolute Gasteiger partial charge is 0.163 e. The van der Waals surface area contributed by atoms with Crippen LogP contribution >= 0.6 is 0 Å². The molecule has 1 heterocycles. The molecule has 0 spiro atoms. The van der Waals surface area contributed by atoms with Crippen LogP contribution in [0.25, 0.3) is 10.9 Å². The fourth-order valence-corrected chi connectivity index (χ4v) is 2.79. The lowest BCUT2D eigenvalue weighted by atomic mass is 9.81. The lowest BCUT2D eigenvalue weighted by Gasteiger charge is -2.26. The fourth-order valence-electron chi connectivity index (χ4n) is 2.79. The second-order valence-corrected chi connectivity index (χ2v) is 5.89. The number of nitrogens with zero attached hydrogens (tertiary/aromatic N) is 2. The van der Waals surface area contributed by atoms with Crippen LogP contribution in [-0.2, 0) is 9.47 Å². The minimum atomic E-state index is 0.462. The molecule has 1 aliphatic rings. The first-order chi connectivity index (χ1) is 11.8. The lowest BCUT2D eigenvalue weighted by Crippen LogP contribution is -2.12. The summed E-state index contributed by atoms with van der Waals surface area (Å²) >= 11 is 0. The van der Waals surface area contributed by atoms with Gasteiger partial charge in [-0.3, -0.25) is 0 Å². The van der Waals surface area contributed by atoms with Crippen LogP contribution in [0.15, 0.2) is 18.5 Å². The Morgan fingerprint density at radius 2 is 1.58 bits per heavy atom. The molecule has 1 aliphatic carbocycles. The van der Waals surface area contributed by atoms with Gasteiger partial charge in [0.15, 0.2) is 11.5 Å². The predicted octanol–water partition coefficient (Wildman–Crippen LogP) is 2.95. The average Bonchev–Trinajstić information content (AvgIpc) is 2.54. The highest BCUT2D eigenvalue weighted by Gasteiger charge is 2.24. The predicted molar refractivity (Wildman–Crippen MR) is 90.9 cm³/mol. The molecule has 1 aromatic carbocycles. The van der Waals surface area contributed by atoms with Gasteiger partial charge < -0.3 is 18.9 Å². The molecule has 1 saturated carbocycles. The number of hydrogen-bond acceptors (Lipinski definition) is 6. The van der Waals surface area contributed by atoms with Gasteiger partial charge in [0.25, 0.3) is 0 Å². The quantitative estimate of drug-likeness (QED) is 0.658. The number of hydrogen-bond donors (Lipinski definition) is 0. The maximum Gasteiger partial charge on any atom is 0.163 e. The number of aromatic nitrogens is 2. The van der Waals surface area contributed by atoms with Crippen molar-refractivity contribution in [3.05, 3.63) is 24.2 Å². The zero-order valence-electron chi connectivity index (χ0n) is 14.3. The molecule has 0 bridgehead atoms. The van der Waals surface area contributed by atoms with Gasteiger partial charge in [-0.15, -0.1) is 0 Å². The summed E-state index contributed by atoms with van der Waals surface area (Å²) in [5.74, 6) is 1.91. The summed E-state index contributed by atoms with van der Waals surface area (Å²) in [5, 5.41) is 1.05. The van der Waals surface area contributed by atoms with Gasteiger partial charge in [-0.2, -0.15) is 0 Å². The summed E-state index contributed by atoms with van der Waals surface area (Å²) < 4.78 is 21.8. The van der Waals surface area contributed by atoms with Crippen molar-refractivity contribution >= 4 is 10.9 Å². The van der Waals surface area contributed by atoms with Gasteiger partial charge in [0.2, 0.25) is 0 Å². The summed E-state index contributed by atoms with van der Waals surface area (Å²) in [7, 11) is 3.31. The van der Waals surface area contributed by atoms with E-state index in [2.05, 4.69) is 9.97 Å². The van der Waals surface area contributed by atoms with Gasteiger partial charge in [0.05, 0.1) is 24.4 Å². The van der Waals surface area contributed by atoms with E-state index < -0.39 is 0 Å². The van der Waals surface area contributed by atoms with Crippen molar-refractivity contribution in [2.45, 2.75) is 25.2 Å². The van der Waals surface area contributed by atoms with Crippen LogP contribution in [0.4, 0.5) is 0 Å². The zero-order chi connectivity index (χ0) is 16.8. The largest absolute Gasteiger partial charge is 0.487 e. The summed E-state index contributed by atoms with van der Waals surface area (Å²) in [6.07, 6.45) is 5.29. The second-order valence-electron chi connectivity index (χ2n) is 5.89. The van der Waals surface area contributed by atoms with Crippen molar-refractivity contribution in [2.75, 3.05) is 40.6 Å². The van der Waals surface area contributed by atoms with Crippen molar-refractivity contribution in [3.8, 4) is 11.5 Å². The Hall–Kier alpha value is -1.92. The van der Waals surface area contributed by atoms with Crippen molar-refractivity contribution in [3.63, 3.8) is 0 Å². The van der Waals surface area contributed by atoms with Crippen molar-refractivity contribution in [1.29, 1.82) is 0 Å². The first-order valence-corrected chi connectivity index (χ1v) is 8.35. The SMILES string of the molecule is COCCOc1cc2ncnc(C3CCC3)c2cc1OCCOC. The molecule has 6 heteroatoms. The number of ether oxygens (including phenoxy) is 4. The lowest BCUT2D eigenvalue weighted by molar-refractivity contribution is 0.132. The maximum atomic E-state index is 5.86. The zero-order valence-corrected chi connectivity index (χ0v) is 14.3. The molecule has 24 heavy (non-hydrogen) atoms. The Labute approximate surface area is 142 Å². The minimum absolute atomic E-state index is 0.462. The first kappa shape index (κ1) is 16.9. The molecular weight excluding hydrogens is 308 g/mol. The first-order valence-electron chi connectivity index (χ1n) is 8.35. The molecule has 1 aromatic heterocycles. The van der Waals surface area contributed by atoms with Crippen molar-refractivity contribution in [1.82, 2.24) is 9.97 Å². The van der Waals surface area contributed by atoms with E-state index in [9.17, 15) is 0 Å². The van der Waals surface area contributed by atoms with Crippen LogP contribution in [0, 0.1) is 0 Å². The van der Waals surface area contributed by atoms with Gasteiger partial charge in [-0.25, -0.2) is 9.97 Å². The molecule has 1 fully saturated rings. The van der Waals surface area contributed by atoms with E-state index in [1.54, 1.807) is 20.5 Å². The third-order valence-electron chi connectivity index (χ3n) is 4.31. The topological polar surface area (TPSA) is 62.7 Å². The number of fused-ring (bicyclic) bond motifs is 1. The van der Waals surface area contributed by atoms with Crippen molar-refractivity contribution in [2.24, 2.45) is 0 Å². The number of rotatable bonds is 9. The highest BCUT2D eigenvalue weighted by Crippen LogP contribution is 2.40. The summed E-state index contributed by atoms with van der Waals surface area (Å²) in [6.45, 7) is 1.97. The minimum Gasteiger partial charge on any atom is -0.487 e. The van der Waals surface area contributed by atoms with Gasteiger partial charge in [0, 0.05) is 31.6 Å². The summed E-state index contributed by atoms with van der Waals surface area (Å²) in [5.41, 5.74) is 2.00. The molecule has 0 atom stereocenters. The number of methoxy groups -OCH3 is 2. The molecule has 3 rings (SSSR count). The van der Waals surface area contributed by atoms with Crippen LogP contribution in [-0.4, -0.2) is 50.6 Å². The second kappa shape index (κ2) is 8.26. The monoisotopic (exact) mass is 332 g/mol. The Bertz CT molecular complexity index is 673. The average molecular weight is 332 g/mol. The molecule has 6 nitrogen and oxygen atoms in total. The van der Waals surface area contributed by atoms with E-state index in [1.807, 2.05) is 12.1 Å². The highest BCUT2D eigenvalue weighted by atomic mass is 16.5. The van der Waals surface area contributed by atoms with Gasteiger partial charge >= 0.3 is 0 Å². The van der Waals surface area contributed by atoms with Crippen LogP contribution < -0.4 is 9.47 Å². The Kier molecular flexibility index (Phi) is 5.82. The van der Waals surface area contributed by atoms with E-state index in [0.29, 0.717) is 43.8 Å². The van der Waals surface area contributed by atoms with E-state index in [0.717, 1.165) is 16.6 Å². The standard InChI is InChI=1S/C18H24N2O4/c1-21-6-8-23-16-10-14-15(11-17(16)24-9-7-22-2)19-12-20-18(14)13-4-3-5-13/h10-13H,3-9H2,1-2H3. The van der Waals surface area contributed by atoms with Gasteiger partial charge in [-0.05, 0) is 18.9 Å². The molecule has 0 aliphatic heterocycles. The molecule has 0 saturated heterocycles. The van der Waals surface area contributed by atoms with E-state index in [-0.39, 0.29) is 0 Å². The van der Waals surface area contributed by atoms with Crippen molar-refractivity contribution < 1.29 is 18.9 Å².